The zero-order valence-electron chi connectivity index (χ0n) is 20.5. The number of rotatable bonds is 8. The van der Waals surface area contributed by atoms with Gasteiger partial charge < -0.3 is 10.1 Å². The topological polar surface area (TPSA) is 69.0 Å². The number of para-hydroxylation sites is 1. The molecule has 0 fully saturated rings. The third kappa shape index (κ3) is 6.51. The van der Waals surface area contributed by atoms with E-state index in [-0.39, 0.29) is 23.7 Å². The molecule has 0 aliphatic carbocycles. The maximum Gasteiger partial charge on any atom is 0.234 e. The lowest BCUT2D eigenvalue weighted by Crippen LogP contribution is -2.14. The SMILES string of the molecule is Cc1ccc(-n2c(COc3ccc(C(C)(C)C)cc3)nnc2SCC(=O)Nc2ccccc2)cc1. The average Bonchev–Trinajstić information content (AvgIpc) is 3.25. The van der Waals surface area contributed by atoms with Crippen LogP contribution in [-0.2, 0) is 16.8 Å². The molecule has 0 atom stereocenters. The Hall–Kier alpha value is -3.58. The van der Waals surface area contributed by atoms with Gasteiger partial charge in [0, 0.05) is 11.4 Å². The van der Waals surface area contributed by atoms with Crippen LogP contribution < -0.4 is 10.1 Å². The fourth-order valence-electron chi connectivity index (χ4n) is 3.49. The minimum Gasteiger partial charge on any atom is -0.486 e. The maximum absolute atomic E-state index is 12.5. The van der Waals surface area contributed by atoms with Crippen molar-refractivity contribution in [1.82, 2.24) is 14.8 Å². The molecular weight excluding hydrogens is 456 g/mol. The molecule has 180 valence electrons. The van der Waals surface area contributed by atoms with E-state index in [9.17, 15) is 4.79 Å². The number of thioether (sulfide) groups is 1. The lowest BCUT2D eigenvalue weighted by Gasteiger charge is -2.19. The molecule has 0 bridgehead atoms. The molecule has 0 saturated carbocycles. The van der Waals surface area contributed by atoms with Crippen LogP contribution in [0, 0.1) is 6.92 Å². The molecule has 1 amide bonds. The summed E-state index contributed by atoms with van der Waals surface area (Å²) in [6.45, 7) is 8.86. The van der Waals surface area contributed by atoms with Crippen LogP contribution in [0.3, 0.4) is 0 Å². The third-order valence-corrected chi connectivity index (χ3v) is 6.40. The highest BCUT2D eigenvalue weighted by Gasteiger charge is 2.17. The molecule has 3 aromatic carbocycles. The van der Waals surface area contributed by atoms with Crippen molar-refractivity contribution in [3.05, 3.63) is 95.8 Å². The fraction of sp³-hybridized carbons (Fsp3) is 0.250. The summed E-state index contributed by atoms with van der Waals surface area (Å²) in [7, 11) is 0. The van der Waals surface area contributed by atoms with Crippen LogP contribution in [0.4, 0.5) is 5.69 Å². The molecular formula is C28H30N4O2S. The van der Waals surface area contributed by atoms with Gasteiger partial charge in [-0.3, -0.25) is 9.36 Å². The van der Waals surface area contributed by atoms with Gasteiger partial charge in [-0.2, -0.15) is 0 Å². The van der Waals surface area contributed by atoms with E-state index in [2.05, 4.69) is 48.4 Å². The molecule has 1 N–H and O–H groups in total. The molecule has 6 nitrogen and oxygen atoms in total. The second kappa shape index (κ2) is 10.8. The quantitative estimate of drug-likeness (QED) is 0.301. The molecule has 0 unspecified atom stereocenters. The fourth-order valence-corrected chi connectivity index (χ4v) is 4.26. The number of benzene rings is 3. The van der Waals surface area contributed by atoms with Gasteiger partial charge in [-0.25, -0.2) is 0 Å². The van der Waals surface area contributed by atoms with Crippen LogP contribution >= 0.6 is 11.8 Å². The monoisotopic (exact) mass is 486 g/mol. The number of aryl methyl sites for hydroxylation is 1. The molecule has 4 rings (SSSR count). The van der Waals surface area contributed by atoms with E-state index in [1.807, 2.05) is 78.2 Å². The van der Waals surface area contributed by atoms with Crippen molar-refractivity contribution < 1.29 is 9.53 Å². The third-order valence-electron chi connectivity index (χ3n) is 5.47. The first kappa shape index (κ1) is 24.5. The molecule has 0 aliphatic heterocycles. The summed E-state index contributed by atoms with van der Waals surface area (Å²) in [5.74, 6) is 1.55. The number of nitrogens with one attached hydrogen (secondary N) is 1. The zero-order valence-corrected chi connectivity index (χ0v) is 21.3. The van der Waals surface area contributed by atoms with Gasteiger partial charge in [0.1, 0.15) is 12.4 Å². The number of hydrogen-bond acceptors (Lipinski definition) is 5. The maximum atomic E-state index is 12.5. The molecule has 1 heterocycles. The Kier molecular flexibility index (Phi) is 7.56. The second-order valence-corrected chi connectivity index (χ2v) is 10.3. The largest absolute Gasteiger partial charge is 0.486 e. The van der Waals surface area contributed by atoms with Crippen molar-refractivity contribution >= 4 is 23.4 Å². The van der Waals surface area contributed by atoms with Crippen molar-refractivity contribution in [3.63, 3.8) is 0 Å². The van der Waals surface area contributed by atoms with Crippen LogP contribution in [0.2, 0.25) is 0 Å². The predicted octanol–water partition coefficient (Wildman–Crippen LogP) is 6.18. The lowest BCUT2D eigenvalue weighted by molar-refractivity contribution is -0.113. The van der Waals surface area contributed by atoms with Crippen LogP contribution in [-0.4, -0.2) is 26.4 Å². The Morgan fingerprint density at radius 1 is 0.943 bits per heavy atom. The summed E-state index contributed by atoms with van der Waals surface area (Å²) in [4.78, 5) is 12.5. The molecule has 0 aliphatic rings. The first-order chi connectivity index (χ1) is 16.8. The van der Waals surface area contributed by atoms with E-state index in [4.69, 9.17) is 4.74 Å². The molecule has 1 aromatic heterocycles. The number of ether oxygens (including phenoxy) is 1. The van der Waals surface area contributed by atoms with Crippen LogP contribution in [0.5, 0.6) is 5.75 Å². The van der Waals surface area contributed by atoms with Crippen molar-refractivity contribution in [2.24, 2.45) is 0 Å². The first-order valence-corrected chi connectivity index (χ1v) is 12.5. The Bertz CT molecular complexity index is 1260. The highest BCUT2D eigenvalue weighted by Crippen LogP contribution is 2.26. The molecule has 4 aromatic rings. The number of nitrogens with zero attached hydrogens (tertiary/aromatic N) is 3. The predicted molar refractivity (Wildman–Crippen MR) is 141 cm³/mol. The van der Waals surface area contributed by atoms with Crippen molar-refractivity contribution in [2.45, 2.75) is 44.9 Å². The van der Waals surface area contributed by atoms with Gasteiger partial charge in [-0.15, -0.1) is 10.2 Å². The van der Waals surface area contributed by atoms with Gasteiger partial charge >= 0.3 is 0 Å². The van der Waals surface area contributed by atoms with Crippen LogP contribution in [0.15, 0.2) is 84.0 Å². The van der Waals surface area contributed by atoms with E-state index < -0.39 is 0 Å². The van der Waals surface area contributed by atoms with Gasteiger partial charge in [0.05, 0.1) is 5.75 Å². The van der Waals surface area contributed by atoms with Gasteiger partial charge in [-0.1, -0.05) is 80.6 Å². The molecule has 0 radical (unpaired) electrons. The van der Waals surface area contributed by atoms with E-state index in [1.165, 1.54) is 17.3 Å². The van der Waals surface area contributed by atoms with E-state index >= 15 is 0 Å². The average molecular weight is 487 g/mol. The number of amides is 1. The highest BCUT2D eigenvalue weighted by molar-refractivity contribution is 7.99. The molecule has 0 saturated heterocycles. The van der Waals surface area contributed by atoms with Gasteiger partial charge in [0.25, 0.3) is 0 Å². The first-order valence-electron chi connectivity index (χ1n) is 11.5. The van der Waals surface area contributed by atoms with Crippen LogP contribution in [0.25, 0.3) is 5.69 Å². The minimum atomic E-state index is -0.101. The molecule has 35 heavy (non-hydrogen) atoms. The van der Waals surface area contributed by atoms with Crippen molar-refractivity contribution in [3.8, 4) is 11.4 Å². The minimum absolute atomic E-state index is 0.0864. The summed E-state index contributed by atoms with van der Waals surface area (Å²) in [5.41, 5.74) is 4.19. The van der Waals surface area contributed by atoms with Crippen LogP contribution in [0.1, 0.15) is 37.7 Å². The summed E-state index contributed by atoms with van der Waals surface area (Å²) in [5, 5.41) is 12.3. The number of aromatic nitrogens is 3. The summed E-state index contributed by atoms with van der Waals surface area (Å²) in [6, 6.07) is 25.7. The number of carbonyl (C=O) groups is 1. The number of hydrogen-bond donors (Lipinski definition) is 1. The summed E-state index contributed by atoms with van der Waals surface area (Å²) < 4.78 is 8.00. The molecule has 7 heteroatoms. The van der Waals surface area contributed by atoms with Crippen molar-refractivity contribution in [2.75, 3.05) is 11.1 Å². The smallest absolute Gasteiger partial charge is 0.234 e. The number of anilines is 1. The van der Waals surface area contributed by atoms with Gasteiger partial charge in [0.15, 0.2) is 11.0 Å². The number of carbonyl (C=O) groups excluding carboxylic acids is 1. The normalized spacial score (nSPS) is 11.3. The van der Waals surface area contributed by atoms with Crippen molar-refractivity contribution in [1.29, 1.82) is 0 Å². The van der Waals surface area contributed by atoms with E-state index in [1.54, 1.807) is 0 Å². The van der Waals surface area contributed by atoms with Gasteiger partial charge in [-0.05, 0) is 54.3 Å². The van der Waals surface area contributed by atoms with Gasteiger partial charge in [0.2, 0.25) is 5.91 Å². The Morgan fingerprint density at radius 2 is 1.63 bits per heavy atom. The summed E-state index contributed by atoms with van der Waals surface area (Å²) in [6.07, 6.45) is 0. The lowest BCUT2D eigenvalue weighted by atomic mass is 9.87. The Morgan fingerprint density at radius 3 is 2.29 bits per heavy atom. The highest BCUT2D eigenvalue weighted by atomic mass is 32.2. The summed E-state index contributed by atoms with van der Waals surface area (Å²) >= 11 is 1.34. The Balaban J connectivity index is 1.50. The second-order valence-electron chi connectivity index (χ2n) is 9.34. The Labute approximate surface area is 210 Å². The zero-order chi connectivity index (χ0) is 24.8. The molecule has 0 spiro atoms. The standard InChI is InChI=1S/C28H30N4O2S/c1-20-10-14-23(15-11-20)32-25(18-34-24-16-12-21(13-17-24)28(2,3)4)30-31-27(32)35-19-26(33)29-22-8-6-5-7-9-22/h5-17H,18-19H2,1-4H3,(H,29,33). The van der Waals surface area contributed by atoms with E-state index in [0.717, 1.165) is 22.7 Å². The van der Waals surface area contributed by atoms with E-state index in [0.29, 0.717) is 11.0 Å².